The van der Waals surface area contributed by atoms with E-state index in [1.165, 1.54) is 4.31 Å². The molecule has 0 fully saturated rings. The van der Waals surface area contributed by atoms with Crippen molar-refractivity contribution < 1.29 is 17.6 Å². The Morgan fingerprint density at radius 2 is 1.89 bits per heavy atom. The van der Waals surface area contributed by atoms with Crippen LogP contribution in [-0.4, -0.2) is 36.5 Å². The van der Waals surface area contributed by atoms with Crippen LogP contribution in [0.4, 0.5) is 5.69 Å². The Bertz CT molecular complexity index is 1240. The normalized spacial score (nSPS) is 13.9. The van der Waals surface area contributed by atoms with Crippen LogP contribution in [0.3, 0.4) is 0 Å². The molecule has 0 unspecified atom stereocenters. The number of hydrogen-bond acceptors (Lipinski definition) is 7. The van der Waals surface area contributed by atoms with Crippen LogP contribution in [-0.2, 0) is 10.0 Å². The molecule has 28 heavy (non-hydrogen) atoms. The SMILES string of the molecule is O=S(=O)(c1ccccc1)N1CCOc2ncc(-c3nc4ncccc4o3)cc21. The predicted octanol–water partition coefficient (Wildman–Crippen LogP) is 2.87. The molecule has 4 aromatic rings. The molecule has 3 aromatic heterocycles. The largest absolute Gasteiger partial charge is 0.474 e. The third-order valence-corrected chi connectivity index (χ3v) is 6.20. The summed E-state index contributed by atoms with van der Waals surface area (Å²) in [5, 5.41) is 0. The Kier molecular flexibility index (Phi) is 3.76. The number of sulfonamides is 1. The summed E-state index contributed by atoms with van der Waals surface area (Å²) in [5.74, 6) is 0.565. The lowest BCUT2D eigenvalue weighted by atomic mass is 10.2. The molecule has 9 heteroatoms. The topological polar surface area (TPSA) is 98.4 Å². The molecule has 4 heterocycles. The van der Waals surface area contributed by atoms with Gasteiger partial charge in [-0.3, -0.25) is 4.31 Å². The maximum Gasteiger partial charge on any atom is 0.264 e. The van der Waals surface area contributed by atoms with E-state index in [9.17, 15) is 8.42 Å². The van der Waals surface area contributed by atoms with Crippen molar-refractivity contribution in [1.29, 1.82) is 0 Å². The number of rotatable bonds is 3. The second kappa shape index (κ2) is 6.31. The van der Waals surface area contributed by atoms with Crippen molar-refractivity contribution in [3.8, 4) is 17.3 Å². The van der Waals surface area contributed by atoms with E-state index in [4.69, 9.17) is 9.15 Å². The van der Waals surface area contributed by atoms with Crippen LogP contribution in [0.2, 0.25) is 0 Å². The Labute approximate surface area is 160 Å². The average molecular weight is 394 g/mol. The Morgan fingerprint density at radius 1 is 1.04 bits per heavy atom. The molecule has 0 saturated carbocycles. The molecule has 0 N–H and O–H groups in total. The Hall–Kier alpha value is -3.46. The molecule has 1 aromatic carbocycles. The summed E-state index contributed by atoms with van der Waals surface area (Å²) < 4.78 is 38.9. The predicted molar refractivity (Wildman–Crippen MR) is 102 cm³/mol. The fraction of sp³-hybridized carbons (Fsp3) is 0.105. The van der Waals surface area contributed by atoms with Crippen molar-refractivity contribution in [2.75, 3.05) is 17.5 Å². The van der Waals surface area contributed by atoms with Crippen LogP contribution < -0.4 is 9.04 Å². The van der Waals surface area contributed by atoms with E-state index in [1.807, 2.05) is 0 Å². The van der Waals surface area contributed by atoms with Gasteiger partial charge in [0.1, 0.15) is 12.3 Å². The first-order chi connectivity index (χ1) is 13.6. The third-order valence-electron chi connectivity index (χ3n) is 4.38. The lowest BCUT2D eigenvalue weighted by Crippen LogP contribution is -2.38. The molecule has 0 atom stereocenters. The molecule has 140 valence electrons. The number of anilines is 1. The first kappa shape index (κ1) is 16.7. The van der Waals surface area contributed by atoms with Gasteiger partial charge in [0.2, 0.25) is 11.8 Å². The molecule has 1 aliphatic heterocycles. The molecule has 0 saturated heterocycles. The minimum Gasteiger partial charge on any atom is -0.474 e. The van der Waals surface area contributed by atoms with Gasteiger partial charge in [-0.05, 0) is 30.3 Å². The van der Waals surface area contributed by atoms with Crippen molar-refractivity contribution in [2.24, 2.45) is 0 Å². The van der Waals surface area contributed by atoms with Gasteiger partial charge < -0.3 is 9.15 Å². The molecule has 8 nitrogen and oxygen atoms in total. The molecule has 0 aliphatic carbocycles. The number of fused-ring (bicyclic) bond motifs is 2. The van der Waals surface area contributed by atoms with Crippen LogP contribution >= 0.6 is 0 Å². The molecule has 1 aliphatic rings. The van der Waals surface area contributed by atoms with Gasteiger partial charge in [0, 0.05) is 12.4 Å². The number of benzene rings is 1. The third kappa shape index (κ3) is 2.67. The zero-order chi connectivity index (χ0) is 19.1. The summed E-state index contributed by atoms with van der Waals surface area (Å²) in [6.07, 6.45) is 3.17. The highest BCUT2D eigenvalue weighted by Crippen LogP contribution is 2.36. The number of ether oxygens (including phenoxy) is 1. The maximum atomic E-state index is 13.1. The van der Waals surface area contributed by atoms with Gasteiger partial charge in [0.15, 0.2) is 11.2 Å². The van der Waals surface area contributed by atoms with Gasteiger partial charge in [0.25, 0.3) is 10.0 Å². The monoisotopic (exact) mass is 394 g/mol. The minimum absolute atomic E-state index is 0.185. The molecule has 0 amide bonds. The summed E-state index contributed by atoms with van der Waals surface area (Å²) in [6.45, 7) is 0.405. The van der Waals surface area contributed by atoms with Crippen molar-refractivity contribution in [1.82, 2.24) is 15.0 Å². The second-order valence-electron chi connectivity index (χ2n) is 6.13. The van der Waals surface area contributed by atoms with Gasteiger partial charge in [0.05, 0.1) is 17.0 Å². The van der Waals surface area contributed by atoms with E-state index in [0.29, 0.717) is 28.4 Å². The van der Waals surface area contributed by atoms with Crippen LogP contribution in [0, 0.1) is 0 Å². The molecule has 0 bridgehead atoms. The lowest BCUT2D eigenvalue weighted by molar-refractivity contribution is 0.303. The standard InChI is InChI=1S/C19H14N4O4S/c24-28(25,14-5-2-1-3-6-14)23-9-10-26-19-15(23)11-13(12-21-19)18-22-17-16(27-18)7-4-8-20-17/h1-8,11-12H,9-10H2. The van der Waals surface area contributed by atoms with E-state index in [0.717, 1.165) is 0 Å². The van der Waals surface area contributed by atoms with Gasteiger partial charge in [-0.15, -0.1) is 0 Å². The van der Waals surface area contributed by atoms with Crippen LogP contribution in [0.25, 0.3) is 22.7 Å². The van der Waals surface area contributed by atoms with Gasteiger partial charge in [-0.2, -0.15) is 4.98 Å². The zero-order valence-electron chi connectivity index (χ0n) is 14.5. The van der Waals surface area contributed by atoms with E-state index >= 15 is 0 Å². The molecule has 0 radical (unpaired) electrons. The first-order valence-corrected chi connectivity index (χ1v) is 9.99. The summed E-state index contributed by atoms with van der Waals surface area (Å²) in [5.41, 5.74) is 1.90. The smallest absolute Gasteiger partial charge is 0.264 e. The van der Waals surface area contributed by atoms with E-state index < -0.39 is 10.0 Å². The summed E-state index contributed by atoms with van der Waals surface area (Å²) in [7, 11) is -3.75. The van der Waals surface area contributed by atoms with Crippen molar-refractivity contribution in [3.05, 3.63) is 60.9 Å². The minimum atomic E-state index is -3.75. The number of aromatic nitrogens is 3. The number of oxazole rings is 1. The van der Waals surface area contributed by atoms with E-state index in [1.54, 1.807) is 60.9 Å². The molecule has 0 spiro atoms. The van der Waals surface area contributed by atoms with Crippen LogP contribution in [0.15, 0.2) is 70.2 Å². The number of hydrogen-bond donors (Lipinski definition) is 0. The van der Waals surface area contributed by atoms with Crippen LogP contribution in [0.5, 0.6) is 5.88 Å². The Balaban J connectivity index is 1.62. The van der Waals surface area contributed by atoms with Crippen LogP contribution in [0.1, 0.15) is 0 Å². The Morgan fingerprint density at radius 3 is 2.71 bits per heavy atom. The maximum absolute atomic E-state index is 13.1. The fourth-order valence-electron chi connectivity index (χ4n) is 3.05. The fourth-order valence-corrected chi connectivity index (χ4v) is 4.52. The number of nitrogens with zero attached hydrogens (tertiary/aromatic N) is 4. The van der Waals surface area contributed by atoms with Crippen molar-refractivity contribution in [2.45, 2.75) is 4.90 Å². The van der Waals surface area contributed by atoms with Gasteiger partial charge in [-0.1, -0.05) is 18.2 Å². The van der Waals surface area contributed by atoms with Crippen molar-refractivity contribution >= 4 is 26.9 Å². The molecular formula is C19H14N4O4S. The zero-order valence-corrected chi connectivity index (χ0v) is 15.3. The number of pyridine rings is 2. The van der Waals surface area contributed by atoms with Gasteiger partial charge >= 0.3 is 0 Å². The van der Waals surface area contributed by atoms with Gasteiger partial charge in [-0.25, -0.2) is 18.4 Å². The molecule has 5 rings (SSSR count). The summed E-state index contributed by atoms with van der Waals surface area (Å²) in [6, 6.07) is 13.5. The van der Waals surface area contributed by atoms with E-state index in [2.05, 4.69) is 15.0 Å². The highest BCUT2D eigenvalue weighted by molar-refractivity contribution is 7.92. The highest BCUT2D eigenvalue weighted by atomic mass is 32.2. The first-order valence-electron chi connectivity index (χ1n) is 8.55. The molecular weight excluding hydrogens is 380 g/mol. The lowest BCUT2D eigenvalue weighted by Gasteiger charge is -2.29. The summed E-state index contributed by atoms with van der Waals surface area (Å²) in [4.78, 5) is 13.0. The van der Waals surface area contributed by atoms with E-state index in [-0.39, 0.29) is 23.9 Å². The average Bonchev–Trinajstić information content (AvgIpc) is 3.18. The highest BCUT2D eigenvalue weighted by Gasteiger charge is 2.31. The quantitative estimate of drug-likeness (QED) is 0.527. The second-order valence-corrected chi connectivity index (χ2v) is 7.99. The summed E-state index contributed by atoms with van der Waals surface area (Å²) >= 11 is 0. The van der Waals surface area contributed by atoms with Crippen molar-refractivity contribution in [3.63, 3.8) is 0 Å².